The van der Waals surface area contributed by atoms with Crippen LogP contribution in [0.5, 0.6) is 0 Å². The molecule has 0 spiro atoms. The Hall–Kier alpha value is -2.20. The maximum absolute atomic E-state index is 12.9. The third-order valence-corrected chi connectivity index (χ3v) is 11.3. The number of fused-ring (bicyclic) bond motifs is 5. The largest absolute Gasteiger partial charge is 0.466 e. The molecule has 1 heterocycles. The number of methoxy groups -OCH3 is 1. The Morgan fingerprint density at radius 2 is 1.53 bits per heavy atom. The Morgan fingerprint density at radius 3 is 2.08 bits per heavy atom. The van der Waals surface area contributed by atoms with Crippen LogP contribution < -0.4 is 0 Å². The van der Waals surface area contributed by atoms with E-state index in [0.29, 0.717) is 12.8 Å². The van der Waals surface area contributed by atoms with Gasteiger partial charge in [-0.15, -0.1) is 0 Å². The molecule has 3 saturated carbocycles. The van der Waals surface area contributed by atoms with Gasteiger partial charge in [0.05, 0.1) is 25.2 Å². The third kappa shape index (κ3) is 3.58. The molecule has 0 bridgehead atoms. The van der Waals surface area contributed by atoms with Crippen molar-refractivity contribution in [3.05, 3.63) is 0 Å². The van der Waals surface area contributed by atoms with Crippen LogP contribution in [0, 0.1) is 33.5 Å². The molecule has 10 atom stereocenters. The molecule has 1 saturated heterocycles. The summed E-state index contributed by atoms with van der Waals surface area (Å²) >= 11 is 0. The van der Waals surface area contributed by atoms with Gasteiger partial charge in [0.1, 0.15) is 12.2 Å². The SMILES string of the molecule is COC(=O)[C@@H]1OC(=O)CC2(O)[C@@]1(C)CCC1[C@]3(C)C(C[C@H](O)[C@]12C)C(C)(C)[C@H](OC(C)=O)C[C@@H]3OC(C)=O. The summed E-state index contributed by atoms with van der Waals surface area (Å²) < 4.78 is 22.0. The first-order valence-electron chi connectivity index (χ1n) is 13.4. The van der Waals surface area contributed by atoms with Crippen LogP contribution in [0.1, 0.15) is 80.6 Å². The van der Waals surface area contributed by atoms with Crippen LogP contribution >= 0.6 is 0 Å². The van der Waals surface area contributed by atoms with Gasteiger partial charge in [-0.25, -0.2) is 4.79 Å². The molecule has 0 aromatic carbocycles. The predicted molar refractivity (Wildman–Crippen MR) is 132 cm³/mol. The number of ether oxygens (including phenoxy) is 4. The van der Waals surface area contributed by atoms with Crippen LogP contribution in [-0.2, 0) is 38.1 Å². The van der Waals surface area contributed by atoms with Crippen molar-refractivity contribution < 1.29 is 48.3 Å². The zero-order chi connectivity index (χ0) is 28.6. The molecule has 0 amide bonds. The summed E-state index contributed by atoms with van der Waals surface area (Å²) in [5.74, 6) is -3.08. The van der Waals surface area contributed by atoms with E-state index in [0.717, 1.165) is 0 Å². The number of aliphatic hydroxyl groups is 2. The second-order valence-corrected chi connectivity index (χ2v) is 13.1. The first-order chi connectivity index (χ1) is 17.4. The van der Waals surface area contributed by atoms with Crippen molar-refractivity contribution in [2.24, 2.45) is 33.5 Å². The fraction of sp³-hybridized carbons (Fsp3) is 0.857. The van der Waals surface area contributed by atoms with Crippen molar-refractivity contribution in [2.45, 2.75) is 111 Å². The number of hydrogen-bond donors (Lipinski definition) is 2. The molecule has 10 heteroatoms. The Labute approximate surface area is 223 Å². The van der Waals surface area contributed by atoms with E-state index in [2.05, 4.69) is 0 Å². The number of hydrogen-bond acceptors (Lipinski definition) is 10. The summed E-state index contributed by atoms with van der Waals surface area (Å²) in [6, 6.07) is 0. The van der Waals surface area contributed by atoms with Gasteiger partial charge < -0.3 is 29.2 Å². The van der Waals surface area contributed by atoms with E-state index in [1.165, 1.54) is 21.0 Å². The number of rotatable bonds is 3. The predicted octanol–water partition coefficient (Wildman–Crippen LogP) is 2.31. The van der Waals surface area contributed by atoms with Gasteiger partial charge in [-0.3, -0.25) is 14.4 Å². The number of carbonyl (C=O) groups excluding carboxylic acids is 4. The Balaban J connectivity index is 1.89. The van der Waals surface area contributed by atoms with E-state index in [9.17, 15) is 29.4 Å². The topological polar surface area (TPSA) is 146 Å². The van der Waals surface area contributed by atoms with Gasteiger partial charge in [0.2, 0.25) is 6.10 Å². The summed E-state index contributed by atoms with van der Waals surface area (Å²) in [5.41, 5.74) is -5.64. The lowest BCUT2D eigenvalue weighted by Crippen LogP contribution is -2.79. The monoisotopic (exact) mass is 538 g/mol. The summed E-state index contributed by atoms with van der Waals surface area (Å²) in [7, 11) is 1.20. The molecule has 4 rings (SSSR count). The van der Waals surface area contributed by atoms with Crippen molar-refractivity contribution in [2.75, 3.05) is 7.11 Å². The molecule has 0 aromatic heterocycles. The molecule has 3 aliphatic carbocycles. The van der Waals surface area contributed by atoms with Crippen molar-refractivity contribution in [1.29, 1.82) is 0 Å². The van der Waals surface area contributed by atoms with Crippen molar-refractivity contribution in [3.63, 3.8) is 0 Å². The van der Waals surface area contributed by atoms with Gasteiger partial charge in [-0.1, -0.05) is 34.6 Å². The summed E-state index contributed by atoms with van der Waals surface area (Å²) in [6.45, 7) is 12.2. The lowest BCUT2D eigenvalue weighted by Gasteiger charge is -2.73. The van der Waals surface area contributed by atoms with Crippen molar-refractivity contribution in [1.82, 2.24) is 0 Å². The summed E-state index contributed by atoms with van der Waals surface area (Å²) in [5, 5.41) is 24.5. The van der Waals surface area contributed by atoms with Crippen LogP contribution in [-0.4, -0.2) is 71.2 Å². The van der Waals surface area contributed by atoms with E-state index < -0.39 is 81.5 Å². The smallest absolute Gasteiger partial charge is 0.347 e. The van der Waals surface area contributed by atoms with Gasteiger partial charge >= 0.3 is 23.9 Å². The maximum atomic E-state index is 12.9. The Bertz CT molecular complexity index is 1040. The second kappa shape index (κ2) is 8.91. The standard InChI is InChI=1S/C28H42O10/c1-14(29)36-19-12-20(37-15(2)30)26(6)16-9-10-25(5)22(23(33)35-8)38-21(32)13-28(25,34)27(16,7)18(31)11-17(26)24(19,3)4/h16-20,22,31,34H,9-13H2,1-8H3/t16?,17?,18-,19+,20-,22-,25-,26+,27-,28?/m0/s1. The molecule has 1 aliphatic heterocycles. The van der Waals surface area contributed by atoms with E-state index >= 15 is 0 Å². The number of cyclic esters (lactones) is 1. The van der Waals surface area contributed by atoms with Gasteiger partial charge in [0, 0.05) is 41.9 Å². The van der Waals surface area contributed by atoms with Gasteiger partial charge in [0.25, 0.3) is 0 Å². The lowest BCUT2D eigenvalue weighted by molar-refractivity contribution is -0.343. The number of carbonyl (C=O) groups is 4. The minimum absolute atomic E-state index is 0.211. The first kappa shape index (κ1) is 28.8. The van der Waals surface area contributed by atoms with Crippen molar-refractivity contribution in [3.8, 4) is 0 Å². The van der Waals surface area contributed by atoms with Crippen LogP contribution in [0.2, 0.25) is 0 Å². The molecular formula is C28H42O10. The van der Waals surface area contributed by atoms with Crippen molar-refractivity contribution >= 4 is 23.9 Å². The minimum atomic E-state index is -1.82. The molecule has 10 nitrogen and oxygen atoms in total. The molecule has 0 aromatic rings. The van der Waals surface area contributed by atoms with E-state index in [4.69, 9.17) is 18.9 Å². The average molecular weight is 539 g/mol. The normalized spacial score (nSPS) is 47.4. The highest BCUT2D eigenvalue weighted by Gasteiger charge is 2.79. The fourth-order valence-electron chi connectivity index (χ4n) is 9.26. The lowest BCUT2D eigenvalue weighted by atomic mass is 9.33. The van der Waals surface area contributed by atoms with Crippen LogP contribution in [0.15, 0.2) is 0 Å². The molecular weight excluding hydrogens is 496 g/mol. The highest BCUT2D eigenvalue weighted by atomic mass is 16.6. The first-order valence-corrected chi connectivity index (χ1v) is 13.4. The number of esters is 4. The molecule has 38 heavy (non-hydrogen) atoms. The highest BCUT2D eigenvalue weighted by Crippen LogP contribution is 2.74. The van der Waals surface area contributed by atoms with Crippen LogP contribution in [0.25, 0.3) is 0 Å². The Morgan fingerprint density at radius 1 is 0.947 bits per heavy atom. The quantitative estimate of drug-likeness (QED) is 0.405. The van der Waals surface area contributed by atoms with Crippen LogP contribution in [0.4, 0.5) is 0 Å². The third-order valence-electron chi connectivity index (χ3n) is 11.3. The van der Waals surface area contributed by atoms with E-state index in [-0.39, 0.29) is 25.2 Å². The second-order valence-electron chi connectivity index (χ2n) is 13.1. The van der Waals surface area contributed by atoms with E-state index in [1.54, 1.807) is 13.8 Å². The zero-order valence-corrected chi connectivity index (χ0v) is 23.7. The summed E-state index contributed by atoms with van der Waals surface area (Å²) in [6.07, 6.45) is -2.75. The molecule has 3 unspecified atom stereocenters. The zero-order valence-electron chi connectivity index (χ0n) is 23.7. The van der Waals surface area contributed by atoms with Gasteiger partial charge in [-0.05, 0) is 31.1 Å². The fourth-order valence-corrected chi connectivity index (χ4v) is 9.26. The number of aliphatic hydroxyl groups excluding tert-OH is 1. The summed E-state index contributed by atoms with van der Waals surface area (Å²) in [4.78, 5) is 49.9. The van der Waals surface area contributed by atoms with Gasteiger partial charge in [0.15, 0.2) is 0 Å². The molecule has 4 fully saturated rings. The minimum Gasteiger partial charge on any atom is -0.466 e. The molecule has 4 aliphatic rings. The van der Waals surface area contributed by atoms with E-state index in [1.807, 2.05) is 20.8 Å². The molecule has 0 radical (unpaired) electrons. The van der Waals surface area contributed by atoms with Gasteiger partial charge in [-0.2, -0.15) is 0 Å². The Kier molecular flexibility index (Phi) is 6.75. The average Bonchev–Trinajstić information content (AvgIpc) is 2.80. The van der Waals surface area contributed by atoms with Crippen LogP contribution in [0.3, 0.4) is 0 Å². The molecule has 2 N–H and O–H groups in total. The molecule has 214 valence electrons. The maximum Gasteiger partial charge on any atom is 0.347 e. The highest BCUT2D eigenvalue weighted by molar-refractivity contribution is 5.83.